The number of carbonyl (C=O) groups excluding carboxylic acids is 1. The van der Waals surface area contributed by atoms with E-state index in [1.54, 1.807) is 19.3 Å². The topological polar surface area (TPSA) is 33.2 Å². The van der Waals surface area contributed by atoms with Crippen molar-refractivity contribution >= 4 is 12.0 Å². The Morgan fingerprint density at radius 1 is 1.00 bits per heavy atom. The minimum absolute atomic E-state index is 0.302. The van der Waals surface area contributed by atoms with E-state index in [4.69, 9.17) is 0 Å². The maximum Gasteiger partial charge on any atom is 0.416 e. The summed E-state index contributed by atoms with van der Waals surface area (Å²) in [6, 6.07) is 19.3. The molecule has 0 bridgehead atoms. The van der Waals surface area contributed by atoms with Gasteiger partial charge in [0, 0.05) is 19.3 Å². The number of halogens is 3. The van der Waals surface area contributed by atoms with Crippen LogP contribution in [0.25, 0.3) is 6.08 Å². The van der Waals surface area contributed by atoms with E-state index in [9.17, 15) is 18.0 Å². The molecule has 2 aromatic carbocycles. The molecule has 3 nitrogen and oxygen atoms in total. The molecule has 6 heteroatoms. The van der Waals surface area contributed by atoms with Crippen molar-refractivity contribution in [3.8, 4) is 0 Å². The molecule has 29 heavy (non-hydrogen) atoms. The molecule has 0 aliphatic carbocycles. The molecule has 0 radical (unpaired) electrons. The van der Waals surface area contributed by atoms with Crippen LogP contribution in [0, 0.1) is 0 Å². The summed E-state index contributed by atoms with van der Waals surface area (Å²) in [6.07, 6.45) is -0.118. The second kappa shape index (κ2) is 8.73. The third-order valence-electron chi connectivity index (χ3n) is 4.45. The van der Waals surface area contributed by atoms with Crippen LogP contribution < -0.4 is 0 Å². The van der Waals surface area contributed by atoms with Crippen LogP contribution >= 0.6 is 0 Å². The molecular weight excluding hydrogens is 377 g/mol. The fourth-order valence-electron chi connectivity index (χ4n) is 3.00. The summed E-state index contributed by atoms with van der Waals surface area (Å²) in [6.45, 7) is 0. The van der Waals surface area contributed by atoms with Gasteiger partial charge in [-0.05, 0) is 41.5 Å². The molecule has 148 valence electrons. The second-order valence-corrected chi connectivity index (χ2v) is 6.47. The fraction of sp³-hybridized carbons (Fsp3) is 0.130. The Balaban J connectivity index is 1.86. The monoisotopic (exact) mass is 396 g/mol. The van der Waals surface area contributed by atoms with Crippen LogP contribution in [0.2, 0.25) is 0 Å². The number of nitrogens with zero attached hydrogens (tertiary/aromatic N) is 2. The lowest BCUT2D eigenvalue weighted by atomic mass is 10.0. The number of carbonyl (C=O) groups is 1. The molecule has 1 unspecified atom stereocenters. The minimum atomic E-state index is -4.43. The Labute approximate surface area is 167 Å². The van der Waals surface area contributed by atoms with E-state index in [0.717, 1.165) is 17.7 Å². The summed E-state index contributed by atoms with van der Waals surface area (Å²) >= 11 is 0. The zero-order chi connectivity index (χ0) is 20.9. The summed E-state index contributed by atoms with van der Waals surface area (Å²) in [5.74, 6) is -0.345. The van der Waals surface area contributed by atoms with Gasteiger partial charge in [0.2, 0.25) is 5.91 Å². The molecule has 0 N–H and O–H groups in total. The Hall–Kier alpha value is -3.41. The molecule has 3 aromatic rings. The molecule has 0 saturated carbocycles. The number of amides is 1. The average Bonchev–Trinajstić information content (AvgIpc) is 2.73. The van der Waals surface area contributed by atoms with Gasteiger partial charge >= 0.3 is 6.18 Å². The van der Waals surface area contributed by atoms with Gasteiger partial charge in [0.25, 0.3) is 0 Å². The largest absolute Gasteiger partial charge is 0.416 e. The first-order chi connectivity index (χ1) is 13.9. The quantitative estimate of drug-likeness (QED) is 0.544. The predicted molar refractivity (Wildman–Crippen MR) is 106 cm³/mol. The Bertz CT molecular complexity index is 946. The minimum Gasteiger partial charge on any atom is -0.329 e. The standard InChI is InChI=1S/C23H19F3N2O/c1-28(21(29)14-13-17-8-7-11-19(16-17)23(24,25)26)22(18-9-3-2-4-10-18)20-12-5-6-15-27-20/h2-16,22H,1H3/b14-13+. The van der Waals surface area contributed by atoms with Gasteiger partial charge in [-0.25, -0.2) is 0 Å². The predicted octanol–water partition coefficient (Wildman–Crippen LogP) is 5.36. The number of likely N-dealkylation sites (N-methyl/N-ethyl adjacent to an activating group) is 1. The molecule has 1 aromatic heterocycles. The molecular formula is C23H19F3N2O. The molecule has 1 amide bonds. The van der Waals surface area contributed by atoms with Crippen molar-refractivity contribution in [3.05, 3.63) is 107 Å². The lowest BCUT2D eigenvalue weighted by molar-refractivity contribution is -0.137. The third kappa shape index (κ3) is 5.10. The Kier molecular flexibility index (Phi) is 6.12. The molecule has 1 atom stereocenters. The number of alkyl halides is 3. The zero-order valence-corrected chi connectivity index (χ0v) is 15.7. The molecule has 0 saturated heterocycles. The van der Waals surface area contributed by atoms with Crippen molar-refractivity contribution in [2.24, 2.45) is 0 Å². The Morgan fingerprint density at radius 3 is 2.38 bits per heavy atom. The van der Waals surface area contributed by atoms with Gasteiger partial charge in [-0.2, -0.15) is 13.2 Å². The van der Waals surface area contributed by atoms with Crippen LogP contribution in [0.4, 0.5) is 13.2 Å². The highest BCUT2D eigenvalue weighted by molar-refractivity contribution is 5.92. The zero-order valence-electron chi connectivity index (χ0n) is 15.7. The third-order valence-corrected chi connectivity index (χ3v) is 4.45. The van der Waals surface area contributed by atoms with Gasteiger partial charge in [-0.1, -0.05) is 48.5 Å². The second-order valence-electron chi connectivity index (χ2n) is 6.47. The van der Waals surface area contributed by atoms with E-state index in [-0.39, 0.29) is 5.91 Å². The van der Waals surface area contributed by atoms with E-state index < -0.39 is 17.8 Å². The van der Waals surface area contributed by atoms with E-state index in [0.29, 0.717) is 11.3 Å². The highest BCUT2D eigenvalue weighted by atomic mass is 19.4. The van der Waals surface area contributed by atoms with Crippen LogP contribution in [-0.2, 0) is 11.0 Å². The lowest BCUT2D eigenvalue weighted by Gasteiger charge is -2.27. The normalized spacial score (nSPS) is 12.7. The molecule has 0 aliphatic heterocycles. The van der Waals surface area contributed by atoms with E-state index in [2.05, 4.69) is 4.98 Å². The number of rotatable bonds is 5. The van der Waals surface area contributed by atoms with Gasteiger partial charge in [-0.3, -0.25) is 9.78 Å². The smallest absolute Gasteiger partial charge is 0.329 e. The maximum atomic E-state index is 12.9. The molecule has 3 rings (SSSR count). The highest BCUT2D eigenvalue weighted by Gasteiger charge is 2.30. The Morgan fingerprint density at radius 2 is 1.72 bits per heavy atom. The van der Waals surface area contributed by atoms with E-state index >= 15 is 0 Å². The summed E-state index contributed by atoms with van der Waals surface area (Å²) in [5.41, 5.74) is 1.13. The molecule has 1 heterocycles. The SMILES string of the molecule is CN(C(=O)/C=C/c1cccc(C(F)(F)F)c1)C(c1ccccc1)c1ccccn1. The van der Waals surface area contributed by atoms with Crippen LogP contribution in [0.5, 0.6) is 0 Å². The summed E-state index contributed by atoms with van der Waals surface area (Å²) in [7, 11) is 1.64. The summed E-state index contributed by atoms with van der Waals surface area (Å²) < 4.78 is 38.6. The van der Waals surface area contributed by atoms with Crippen LogP contribution in [0.1, 0.15) is 28.4 Å². The van der Waals surface area contributed by atoms with E-state index in [1.807, 2.05) is 42.5 Å². The number of pyridine rings is 1. The van der Waals surface area contributed by atoms with Gasteiger partial charge in [0.15, 0.2) is 0 Å². The van der Waals surface area contributed by atoms with Crippen molar-refractivity contribution in [3.63, 3.8) is 0 Å². The summed E-state index contributed by atoms with van der Waals surface area (Å²) in [4.78, 5) is 18.7. The molecule has 0 fully saturated rings. The number of hydrogen-bond acceptors (Lipinski definition) is 2. The number of benzene rings is 2. The number of hydrogen-bond donors (Lipinski definition) is 0. The highest BCUT2D eigenvalue weighted by Crippen LogP contribution is 2.30. The number of aromatic nitrogens is 1. The van der Waals surface area contributed by atoms with Crippen LogP contribution in [0.15, 0.2) is 85.1 Å². The molecule has 0 spiro atoms. The van der Waals surface area contributed by atoms with Gasteiger partial charge in [0.1, 0.15) is 0 Å². The first-order valence-electron chi connectivity index (χ1n) is 8.94. The van der Waals surface area contributed by atoms with Crippen molar-refractivity contribution in [2.75, 3.05) is 7.05 Å². The van der Waals surface area contributed by atoms with Crippen LogP contribution in [0.3, 0.4) is 0 Å². The van der Waals surface area contributed by atoms with Crippen molar-refractivity contribution in [1.29, 1.82) is 0 Å². The van der Waals surface area contributed by atoms with Gasteiger partial charge < -0.3 is 4.90 Å². The van der Waals surface area contributed by atoms with Crippen molar-refractivity contribution < 1.29 is 18.0 Å². The summed E-state index contributed by atoms with van der Waals surface area (Å²) in [5, 5.41) is 0. The average molecular weight is 396 g/mol. The van der Waals surface area contributed by atoms with Crippen molar-refractivity contribution in [2.45, 2.75) is 12.2 Å². The first kappa shape index (κ1) is 20.3. The fourth-order valence-corrected chi connectivity index (χ4v) is 3.00. The lowest BCUT2D eigenvalue weighted by Crippen LogP contribution is -2.31. The van der Waals surface area contributed by atoms with Gasteiger partial charge in [-0.15, -0.1) is 0 Å². The maximum absolute atomic E-state index is 12.9. The van der Waals surface area contributed by atoms with E-state index in [1.165, 1.54) is 29.2 Å². The van der Waals surface area contributed by atoms with Gasteiger partial charge in [0.05, 0.1) is 17.3 Å². The first-order valence-corrected chi connectivity index (χ1v) is 8.94. The molecule has 0 aliphatic rings. The van der Waals surface area contributed by atoms with Crippen LogP contribution in [-0.4, -0.2) is 22.8 Å². The van der Waals surface area contributed by atoms with Crippen molar-refractivity contribution in [1.82, 2.24) is 9.88 Å².